The highest BCUT2D eigenvalue weighted by Gasteiger charge is 2.33. The van der Waals surface area contributed by atoms with Crippen molar-refractivity contribution in [2.24, 2.45) is 5.92 Å². The van der Waals surface area contributed by atoms with Crippen LogP contribution in [0, 0.1) is 5.92 Å². The quantitative estimate of drug-likeness (QED) is 0.667. The first-order valence-corrected chi connectivity index (χ1v) is 4.64. The molecular formula is C10H16O3. The zero-order chi connectivity index (χ0) is 9.84. The second-order valence-corrected chi connectivity index (χ2v) is 3.43. The molecule has 0 bridgehead atoms. The van der Waals surface area contributed by atoms with E-state index in [1.807, 2.05) is 20.8 Å². The summed E-state index contributed by atoms with van der Waals surface area (Å²) >= 11 is 0. The maximum Gasteiger partial charge on any atom is 0.191 e. The fourth-order valence-electron chi connectivity index (χ4n) is 1.39. The molecule has 1 rings (SSSR count). The summed E-state index contributed by atoms with van der Waals surface area (Å²) < 4.78 is 10.7. The predicted octanol–water partition coefficient (Wildman–Crippen LogP) is 1.53. The minimum atomic E-state index is -0.421. The van der Waals surface area contributed by atoms with E-state index in [0.29, 0.717) is 6.61 Å². The van der Waals surface area contributed by atoms with Gasteiger partial charge in [-0.3, -0.25) is 4.79 Å². The monoisotopic (exact) mass is 184 g/mol. The molecule has 0 aromatic carbocycles. The molecule has 1 aliphatic heterocycles. The van der Waals surface area contributed by atoms with Crippen molar-refractivity contribution in [3.63, 3.8) is 0 Å². The van der Waals surface area contributed by atoms with Crippen LogP contribution in [-0.2, 0) is 14.3 Å². The third kappa shape index (κ3) is 2.31. The Labute approximate surface area is 78.7 Å². The molecule has 0 radical (unpaired) electrons. The molecule has 0 N–H and O–H groups in total. The lowest BCUT2D eigenvalue weighted by atomic mass is 9.97. The molecule has 0 spiro atoms. The van der Waals surface area contributed by atoms with E-state index in [2.05, 4.69) is 0 Å². The Kier molecular flexibility index (Phi) is 3.48. The number of carbonyl (C=O) groups excluding carboxylic acids is 1. The van der Waals surface area contributed by atoms with Crippen LogP contribution in [0.25, 0.3) is 0 Å². The lowest BCUT2D eigenvalue weighted by Gasteiger charge is -2.30. The minimum absolute atomic E-state index is 0.00630. The Morgan fingerprint density at radius 1 is 1.62 bits per heavy atom. The van der Waals surface area contributed by atoms with Gasteiger partial charge in [0.2, 0.25) is 0 Å². The van der Waals surface area contributed by atoms with Gasteiger partial charge in [-0.25, -0.2) is 0 Å². The summed E-state index contributed by atoms with van der Waals surface area (Å²) in [6.07, 6.45) is 2.33. The Morgan fingerprint density at radius 3 is 2.85 bits per heavy atom. The van der Waals surface area contributed by atoms with Gasteiger partial charge >= 0.3 is 0 Å². The molecule has 2 atom stereocenters. The Balaban J connectivity index is 2.71. The fraction of sp³-hybridized carbons (Fsp3) is 0.700. The standard InChI is InChI=1S/C10H16O3/c1-4-12-10-8(11)5-6-13-9(10)7(2)3/h5-7,9-10H,4H2,1-3H3/t9-,10-/m1/s1. The molecule has 1 aliphatic rings. The molecule has 3 nitrogen and oxygen atoms in total. The molecule has 0 aromatic heterocycles. The van der Waals surface area contributed by atoms with Crippen molar-refractivity contribution < 1.29 is 14.3 Å². The van der Waals surface area contributed by atoms with Crippen LogP contribution in [0.15, 0.2) is 12.3 Å². The molecule has 0 fully saturated rings. The van der Waals surface area contributed by atoms with E-state index < -0.39 is 6.10 Å². The van der Waals surface area contributed by atoms with E-state index in [0.717, 1.165) is 0 Å². The van der Waals surface area contributed by atoms with Crippen LogP contribution in [0.1, 0.15) is 20.8 Å². The predicted molar refractivity (Wildman–Crippen MR) is 49.3 cm³/mol. The molecule has 13 heavy (non-hydrogen) atoms. The zero-order valence-electron chi connectivity index (χ0n) is 8.32. The van der Waals surface area contributed by atoms with E-state index in [-0.39, 0.29) is 17.8 Å². The second kappa shape index (κ2) is 4.42. The Hall–Kier alpha value is -0.830. The van der Waals surface area contributed by atoms with Gasteiger partial charge in [0.1, 0.15) is 6.10 Å². The Morgan fingerprint density at radius 2 is 2.31 bits per heavy atom. The summed E-state index contributed by atoms with van der Waals surface area (Å²) in [5.74, 6) is 0.289. The van der Waals surface area contributed by atoms with Crippen molar-refractivity contribution >= 4 is 5.78 Å². The summed E-state index contributed by atoms with van der Waals surface area (Å²) in [6, 6.07) is 0. The lowest BCUT2D eigenvalue weighted by molar-refractivity contribution is -0.139. The van der Waals surface area contributed by atoms with Gasteiger partial charge in [0.05, 0.1) is 6.26 Å². The fourth-order valence-corrected chi connectivity index (χ4v) is 1.39. The van der Waals surface area contributed by atoms with Gasteiger partial charge in [-0.05, 0) is 12.8 Å². The summed E-state index contributed by atoms with van der Waals surface area (Å²) in [4.78, 5) is 11.4. The molecular weight excluding hydrogens is 168 g/mol. The number of ether oxygens (including phenoxy) is 2. The van der Waals surface area contributed by atoms with Crippen molar-refractivity contribution in [3.05, 3.63) is 12.3 Å². The van der Waals surface area contributed by atoms with E-state index in [1.165, 1.54) is 12.3 Å². The molecule has 0 aromatic rings. The average Bonchev–Trinajstić information content (AvgIpc) is 2.08. The number of rotatable bonds is 3. The van der Waals surface area contributed by atoms with Crippen LogP contribution in [0.2, 0.25) is 0 Å². The molecule has 3 heteroatoms. The lowest BCUT2D eigenvalue weighted by Crippen LogP contribution is -2.42. The van der Waals surface area contributed by atoms with E-state index >= 15 is 0 Å². The molecule has 0 saturated heterocycles. The first-order chi connectivity index (χ1) is 6.16. The largest absolute Gasteiger partial charge is 0.494 e. The molecule has 74 valence electrons. The van der Waals surface area contributed by atoms with Gasteiger partial charge < -0.3 is 9.47 Å². The Bertz CT molecular complexity index is 208. The topological polar surface area (TPSA) is 35.5 Å². The van der Waals surface area contributed by atoms with Crippen LogP contribution in [0.3, 0.4) is 0 Å². The number of hydrogen-bond donors (Lipinski definition) is 0. The molecule has 1 heterocycles. The third-order valence-corrected chi connectivity index (χ3v) is 2.05. The van der Waals surface area contributed by atoms with Crippen LogP contribution in [0.4, 0.5) is 0 Å². The zero-order valence-corrected chi connectivity index (χ0v) is 8.32. The number of hydrogen-bond acceptors (Lipinski definition) is 3. The number of ketones is 1. The van der Waals surface area contributed by atoms with Crippen molar-refractivity contribution in [1.29, 1.82) is 0 Å². The van der Waals surface area contributed by atoms with Crippen molar-refractivity contribution in [1.82, 2.24) is 0 Å². The highest BCUT2D eigenvalue weighted by Crippen LogP contribution is 2.19. The van der Waals surface area contributed by atoms with Crippen molar-refractivity contribution in [2.75, 3.05) is 6.61 Å². The summed E-state index contributed by atoms with van der Waals surface area (Å²) in [7, 11) is 0. The maximum absolute atomic E-state index is 11.4. The van der Waals surface area contributed by atoms with Gasteiger partial charge in [0.25, 0.3) is 0 Å². The normalized spacial score (nSPS) is 27.8. The SMILES string of the molecule is CCO[C@@H]1C(=O)C=CO[C@@H]1C(C)C. The number of carbonyl (C=O) groups is 1. The first-order valence-electron chi connectivity index (χ1n) is 4.64. The van der Waals surface area contributed by atoms with Crippen LogP contribution in [-0.4, -0.2) is 24.6 Å². The van der Waals surface area contributed by atoms with Crippen LogP contribution in [0.5, 0.6) is 0 Å². The highest BCUT2D eigenvalue weighted by molar-refractivity contribution is 5.94. The van der Waals surface area contributed by atoms with Gasteiger partial charge in [-0.15, -0.1) is 0 Å². The summed E-state index contributed by atoms with van der Waals surface area (Å²) in [5, 5.41) is 0. The van der Waals surface area contributed by atoms with Crippen molar-refractivity contribution in [2.45, 2.75) is 33.0 Å². The van der Waals surface area contributed by atoms with Gasteiger partial charge in [0, 0.05) is 12.7 Å². The van der Waals surface area contributed by atoms with Gasteiger partial charge in [0.15, 0.2) is 11.9 Å². The van der Waals surface area contributed by atoms with Gasteiger partial charge in [-0.1, -0.05) is 13.8 Å². The molecule has 0 amide bonds. The second-order valence-electron chi connectivity index (χ2n) is 3.43. The first kappa shape index (κ1) is 10.3. The smallest absolute Gasteiger partial charge is 0.191 e. The minimum Gasteiger partial charge on any atom is -0.494 e. The maximum atomic E-state index is 11.4. The summed E-state index contributed by atoms with van der Waals surface area (Å²) in [6.45, 7) is 6.45. The van der Waals surface area contributed by atoms with E-state index in [1.54, 1.807) is 0 Å². The van der Waals surface area contributed by atoms with Crippen LogP contribution >= 0.6 is 0 Å². The van der Waals surface area contributed by atoms with Crippen LogP contribution < -0.4 is 0 Å². The highest BCUT2D eigenvalue weighted by atomic mass is 16.5. The van der Waals surface area contributed by atoms with E-state index in [4.69, 9.17) is 9.47 Å². The summed E-state index contributed by atoms with van der Waals surface area (Å²) in [5.41, 5.74) is 0. The van der Waals surface area contributed by atoms with E-state index in [9.17, 15) is 4.79 Å². The molecule has 0 saturated carbocycles. The van der Waals surface area contributed by atoms with Crippen molar-refractivity contribution in [3.8, 4) is 0 Å². The molecule has 0 unspecified atom stereocenters. The van der Waals surface area contributed by atoms with Gasteiger partial charge in [-0.2, -0.15) is 0 Å². The average molecular weight is 184 g/mol. The third-order valence-electron chi connectivity index (χ3n) is 2.05. The molecule has 0 aliphatic carbocycles.